The number of carbonyl (C=O) groups is 4. The van der Waals surface area contributed by atoms with Crippen LogP contribution in [0.2, 0.25) is 0 Å². The Bertz CT molecular complexity index is 931. The van der Waals surface area contributed by atoms with Gasteiger partial charge in [0, 0.05) is 18.6 Å². The van der Waals surface area contributed by atoms with E-state index in [9.17, 15) is 19.2 Å². The van der Waals surface area contributed by atoms with Crippen molar-refractivity contribution in [1.29, 1.82) is 0 Å². The minimum Gasteiger partial charge on any atom is -0.466 e. The van der Waals surface area contributed by atoms with Crippen LogP contribution in [0.4, 0.5) is 9.59 Å². The Morgan fingerprint density at radius 1 is 1.00 bits per heavy atom. The van der Waals surface area contributed by atoms with E-state index in [1.807, 2.05) is 30.3 Å². The number of ether oxygens (including phenoxy) is 3. The van der Waals surface area contributed by atoms with Crippen molar-refractivity contribution in [2.45, 2.75) is 83.7 Å². The number of nitrogens with one attached hydrogen (secondary N) is 2. The van der Waals surface area contributed by atoms with Crippen LogP contribution in [0.1, 0.15) is 58.9 Å². The smallest absolute Gasteiger partial charge is 0.408 e. The highest BCUT2D eigenvalue weighted by molar-refractivity contribution is 5.88. The van der Waals surface area contributed by atoms with Crippen LogP contribution in [0.25, 0.3) is 0 Å². The molecule has 3 rings (SSSR count). The van der Waals surface area contributed by atoms with Crippen molar-refractivity contribution in [2.24, 2.45) is 5.92 Å². The fourth-order valence-corrected chi connectivity index (χ4v) is 4.71. The number of amides is 3. The Kier molecular flexibility index (Phi) is 9.17. The molecule has 36 heavy (non-hydrogen) atoms. The quantitative estimate of drug-likeness (QED) is 0.433. The van der Waals surface area contributed by atoms with Crippen LogP contribution in [0, 0.1) is 5.92 Å². The molecule has 1 saturated heterocycles. The molecule has 2 fully saturated rings. The number of hydrogen-bond acceptors (Lipinski definition) is 7. The standard InChI is InChI=1S/C26H37N3O7/c1-5-34-23(31)19-15-18(27-25(33)36-26(2,3)4)11-12-21(19)29-14-13-20(22(29)30)28-24(32)35-16-17-9-7-6-8-10-17/h6-10,18-21H,5,11-16H2,1-4H3,(H,27,33)(H,28,32)/t18-,19+,20+,21+/m1/s1. The summed E-state index contributed by atoms with van der Waals surface area (Å²) in [5, 5.41) is 5.49. The Hall–Kier alpha value is -3.30. The van der Waals surface area contributed by atoms with Crippen LogP contribution in [0.5, 0.6) is 0 Å². The molecule has 3 amide bonds. The van der Waals surface area contributed by atoms with Gasteiger partial charge in [-0.1, -0.05) is 30.3 Å². The van der Waals surface area contributed by atoms with Gasteiger partial charge in [-0.05, 0) is 58.9 Å². The third-order valence-electron chi connectivity index (χ3n) is 6.27. The molecule has 0 radical (unpaired) electrons. The summed E-state index contributed by atoms with van der Waals surface area (Å²) < 4.78 is 15.9. The van der Waals surface area contributed by atoms with E-state index in [-0.39, 0.29) is 31.2 Å². The fourth-order valence-electron chi connectivity index (χ4n) is 4.71. The molecule has 0 unspecified atom stereocenters. The number of carbonyl (C=O) groups excluding carboxylic acids is 4. The molecule has 198 valence electrons. The zero-order valence-electron chi connectivity index (χ0n) is 21.5. The fraction of sp³-hybridized carbons (Fsp3) is 0.615. The summed E-state index contributed by atoms with van der Waals surface area (Å²) in [5.74, 6) is -1.24. The van der Waals surface area contributed by atoms with E-state index >= 15 is 0 Å². The average molecular weight is 504 g/mol. The second kappa shape index (κ2) is 12.1. The van der Waals surface area contributed by atoms with Crippen LogP contribution >= 0.6 is 0 Å². The summed E-state index contributed by atoms with van der Waals surface area (Å²) in [4.78, 5) is 52.2. The van der Waals surface area contributed by atoms with Crippen LogP contribution in [0.15, 0.2) is 30.3 Å². The molecule has 0 aromatic heterocycles. The highest BCUT2D eigenvalue weighted by atomic mass is 16.6. The second-order valence-electron chi connectivity index (χ2n) is 10.2. The van der Waals surface area contributed by atoms with Gasteiger partial charge >= 0.3 is 18.2 Å². The largest absolute Gasteiger partial charge is 0.466 e. The SMILES string of the molecule is CCOC(=O)[C@H]1C[C@H](NC(=O)OC(C)(C)C)CC[C@@H]1N1CC[C@H](NC(=O)OCc2ccccc2)C1=O. The van der Waals surface area contributed by atoms with Crippen molar-refractivity contribution in [3.8, 4) is 0 Å². The number of hydrogen-bond donors (Lipinski definition) is 2. The van der Waals surface area contributed by atoms with Crippen molar-refractivity contribution in [3.63, 3.8) is 0 Å². The number of likely N-dealkylation sites (tertiary alicyclic amines) is 1. The maximum atomic E-state index is 13.2. The molecular weight excluding hydrogens is 466 g/mol. The zero-order valence-corrected chi connectivity index (χ0v) is 21.5. The summed E-state index contributed by atoms with van der Waals surface area (Å²) in [6.45, 7) is 7.82. The maximum absolute atomic E-state index is 13.2. The van der Waals surface area contributed by atoms with Gasteiger partial charge in [0.1, 0.15) is 18.2 Å². The molecule has 10 heteroatoms. The number of nitrogens with zero attached hydrogens (tertiary/aromatic N) is 1. The molecule has 1 saturated carbocycles. The van der Waals surface area contributed by atoms with E-state index in [4.69, 9.17) is 14.2 Å². The van der Waals surface area contributed by atoms with Crippen LogP contribution in [-0.4, -0.2) is 65.8 Å². The number of benzene rings is 1. The van der Waals surface area contributed by atoms with Gasteiger partial charge in [0.15, 0.2) is 0 Å². The number of esters is 1. The molecule has 1 aromatic carbocycles. The molecule has 2 N–H and O–H groups in total. The third kappa shape index (κ3) is 7.60. The first-order chi connectivity index (χ1) is 17.1. The molecule has 1 heterocycles. The van der Waals surface area contributed by atoms with Gasteiger partial charge in [0.25, 0.3) is 0 Å². The predicted octanol–water partition coefficient (Wildman–Crippen LogP) is 3.14. The molecule has 0 spiro atoms. The van der Waals surface area contributed by atoms with Crippen LogP contribution in [-0.2, 0) is 30.4 Å². The van der Waals surface area contributed by atoms with Crippen LogP contribution < -0.4 is 10.6 Å². The van der Waals surface area contributed by atoms with E-state index in [1.54, 1.807) is 32.6 Å². The average Bonchev–Trinajstić information content (AvgIpc) is 3.17. The van der Waals surface area contributed by atoms with Crippen molar-refractivity contribution in [3.05, 3.63) is 35.9 Å². The van der Waals surface area contributed by atoms with Crippen molar-refractivity contribution < 1.29 is 33.4 Å². The first-order valence-corrected chi connectivity index (χ1v) is 12.5. The van der Waals surface area contributed by atoms with E-state index in [2.05, 4.69) is 10.6 Å². The zero-order chi connectivity index (χ0) is 26.3. The van der Waals surface area contributed by atoms with Gasteiger partial charge in [-0.2, -0.15) is 0 Å². The molecule has 1 aliphatic carbocycles. The summed E-state index contributed by atoms with van der Waals surface area (Å²) >= 11 is 0. The van der Waals surface area contributed by atoms with Crippen LogP contribution in [0.3, 0.4) is 0 Å². The monoisotopic (exact) mass is 503 g/mol. The lowest BCUT2D eigenvalue weighted by Gasteiger charge is -2.40. The summed E-state index contributed by atoms with van der Waals surface area (Å²) in [5.41, 5.74) is 0.217. The molecular formula is C26H37N3O7. The highest BCUT2D eigenvalue weighted by Gasteiger charge is 2.45. The van der Waals surface area contributed by atoms with Gasteiger partial charge in [0.2, 0.25) is 5.91 Å². The molecule has 2 aliphatic rings. The Labute approximate surface area is 212 Å². The lowest BCUT2D eigenvalue weighted by atomic mass is 9.80. The summed E-state index contributed by atoms with van der Waals surface area (Å²) in [7, 11) is 0. The highest BCUT2D eigenvalue weighted by Crippen LogP contribution is 2.33. The van der Waals surface area contributed by atoms with Crippen molar-refractivity contribution in [1.82, 2.24) is 15.5 Å². The Morgan fingerprint density at radius 2 is 1.72 bits per heavy atom. The van der Waals surface area contributed by atoms with Crippen molar-refractivity contribution >= 4 is 24.1 Å². The number of alkyl carbamates (subject to hydrolysis) is 2. The predicted molar refractivity (Wildman–Crippen MR) is 131 cm³/mol. The van der Waals surface area contributed by atoms with Gasteiger partial charge in [-0.3, -0.25) is 9.59 Å². The van der Waals surface area contributed by atoms with E-state index < -0.39 is 35.7 Å². The first-order valence-electron chi connectivity index (χ1n) is 12.5. The van der Waals surface area contributed by atoms with Gasteiger partial charge in [-0.15, -0.1) is 0 Å². The minimum absolute atomic E-state index is 0.108. The molecule has 4 atom stereocenters. The Morgan fingerprint density at radius 3 is 2.39 bits per heavy atom. The van der Waals surface area contributed by atoms with E-state index in [1.165, 1.54) is 0 Å². The molecule has 0 bridgehead atoms. The number of rotatable bonds is 7. The summed E-state index contributed by atoms with van der Waals surface area (Å²) in [6, 6.07) is 7.91. The topological polar surface area (TPSA) is 123 Å². The normalized spacial score (nSPS) is 24.1. The molecule has 1 aliphatic heterocycles. The lowest BCUT2D eigenvalue weighted by molar-refractivity contribution is -0.153. The summed E-state index contributed by atoms with van der Waals surface area (Å²) in [6.07, 6.45) is 0.659. The molecule has 10 nitrogen and oxygen atoms in total. The maximum Gasteiger partial charge on any atom is 0.408 e. The van der Waals surface area contributed by atoms with Gasteiger partial charge in [0.05, 0.1) is 12.5 Å². The second-order valence-corrected chi connectivity index (χ2v) is 10.2. The third-order valence-corrected chi connectivity index (χ3v) is 6.27. The Balaban J connectivity index is 1.59. The lowest BCUT2D eigenvalue weighted by Crippen LogP contribution is -2.53. The minimum atomic E-state index is -0.714. The van der Waals surface area contributed by atoms with Crippen molar-refractivity contribution in [2.75, 3.05) is 13.2 Å². The van der Waals surface area contributed by atoms with E-state index in [0.29, 0.717) is 32.2 Å². The van der Waals surface area contributed by atoms with Gasteiger partial charge in [-0.25, -0.2) is 9.59 Å². The molecule has 1 aromatic rings. The first kappa shape index (κ1) is 27.3. The van der Waals surface area contributed by atoms with E-state index in [0.717, 1.165) is 5.56 Å². The van der Waals surface area contributed by atoms with Gasteiger partial charge < -0.3 is 29.7 Å².